The number of nitrogens with one attached hydrogen (secondary N) is 3. The van der Waals surface area contributed by atoms with Gasteiger partial charge in [-0.25, -0.2) is 4.79 Å². The lowest BCUT2D eigenvalue weighted by Crippen LogP contribution is -2.41. The maximum absolute atomic E-state index is 12.4. The zero-order chi connectivity index (χ0) is 27.7. The molecule has 0 aromatic heterocycles. The van der Waals surface area contributed by atoms with Gasteiger partial charge in [-0.2, -0.15) is 0 Å². The van der Waals surface area contributed by atoms with Crippen LogP contribution in [0.1, 0.15) is 41.6 Å². The van der Waals surface area contributed by atoms with Crippen molar-refractivity contribution in [2.75, 3.05) is 11.9 Å². The second kappa shape index (κ2) is 13.0. The molecule has 10 heteroatoms. The van der Waals surface area contributed by atoms with E-state index < -0.39 is 12.4 Å². The third kappa shape index (κ3) is 9.24. The first-order valence-electron chi connectivity index (χ1n) is 12.8. The van der Waals surface area contributed by atoms with E-state index in [2.05, 4.69) is 20.7 Å². The Labute approximate surface area is 224 Å². The van der Waals surface area contributed by atoms with Crippen molar-refractivity contribution in [3.63, 3.8) is 0 Å². The number of carbonyl (C=O) groups is 2. The third-order valence-electron chi connectivity index (χ3n) is 6.32. The lowest BCUT2D eigenvalue weighted by atomic mass is 9.93. The van der Waals surface area contributed by atoms with E-state index in [0.29, 0.717) is 23.5 Å². The number of anilines is 1. The number of amides is 3. The second-order valence-corrected chi connectivity index (χ2v) is 9.28. The molecule has 7 nitrogen and oxygen atoms in total. The lowest BCUT2D eigenvalue weighted by Gasteiger charge is -2.29. The minimum absolute atomic E-state index is 0.00200. The zero-order valence-electron chi connectivity index (χ0n) is 21.2. The minimum atomic E-state index is -4.77. The number of hydrogen-bond donors (Lipinski definition) is 3. The molecule has 3 aromatic rings. The highest BCUT2D eigenvalue weighted by atomic mass is 19.4. The quantitative estimate of drug-likeness (QED) is 0.307. The van der Waals surface area contributed by atoms with Gasteiger partial charge in [0, 0.05) is 23.8 Å². The Morgan fingerprint density at radius 3 is 2.10 bits per heavy atom. The molecular weight excluding hydrogens is 511 g/mol. The molecule has 0 aliphatic heterocycles. The van der Waals surface area contributed by atoms with Crippen LogP contribution in [0.4, 0.5) is 23.7 Å². The van der Waals surface area contributed by atoms with Crippen LogP contribution in [-0.2, 0) is 6.42 Å². The molecule has 3 amide bonds. The van der Waals surface area contributed by atoms with E-state index in [4.69, 9.17) is 4.74 Å². The van der Waals surface area contributed by atoms with E-state index in [1.165, 1.54) is 17.7 Å². The summed E-state index contributed by atoms with van der Waals surface area (Å²) in [5.74, 6) is 0.194. The molecule has 206 valence electrons. The first kappa shape index (κ1) is 27.8. The summed E-state index contributed by atoms with van der Waals surface area (Å²) in [6, 6.07) is 21.5. The molecule has 1 fully saturated rings. The number of hydrogen-bond acceptors (Lipinski definition) is 4. The number of urea groups is 1. The van der Waals surface area contributed by atoms with Crippen molar-refractivity contribution in [1.82, 2.24) is 10.6 Å². The van der Waals surface area contributed by atoms with Crippen LogP contribution in [0.2, 0.25) is 0 Å². The van der Waals surface area contributed by atoms with E-state index in [1.54, 1.807) is 24.3 Å². The van der Waals surface area contributed by atoms with Gasteiger partial charge in [0.15, 0.2) is 0 Å². The van der Waals surface area contributed by atoms with Crippen molar-refractivity contribution in [2.24, 2.45) is 0 Å². The van der Waals surface area contributed by atoms with Gasteiger partial charge in [-0.15, -0.1) is 13.2 Å². The molecule has 0 saturated heterocycles. The van der Waals surface area contributed by atoms with Crippen LogP contribution in [0, 0.1) is 0 Å². The molecule has 1 aliphatic carbocycles. The fraction of sp³-hybridized carbons (Fsp3) is 0.310. The van der Waals surface area contributed by atoms with Crippen LogP contribution in [0.5, 0.6) is 11.5 Å². The predicted octanol–water partition coefficient (Wildman–Crippen LogP) is 6.07. The van der Waals surface area contributed by atoms with Crippen molar-refractivity contribution in [2.45, 2.75) is 50.6 Å². The number of halogens is 3. The van der Waals surface area contributed by atoms with Crippen molar-refractivity contribution in [3.8, 4) is 11.5 Å². The monoisotopic (exact) mass is 541 g/mol. The smallest absolute Gasteiger partial charge is 0.490 e. The highest BCUT2D eigenvalue weighted by Gasteiger charge is 2.31. The van der Waals surface area contributed by atoms with Gasteiger partial charge >= 0.3 is 12.4 Å². The summed E-state index contributed by atoms with van der Waals surface area (Å²) in [6.45, 7) is 0.555. The summed E-state index contributed by atoms with van der Waals surface area (Å²) in [4.78, 5) is 24.7. The summed E-state index contributed by atoms with van der Waals surface area (Å²) >= 11 is 0. The Kier molecular flexibility index (Phi) is 9.30. The molecular formula is C29H30F3N3O4. The average Bonchev–Trinajstić information content (AvgIpc) is 2.91. The number of alkyl halides is 3. The normalized spacial score (nSPS) is 17.1. The van der Waals surface area contributed by atoms with Crippen LogP contribution < -0.4 is 25.4 Å². The fourth-order valence-electron chi connectivity index (χ4n) is 4.36. The number of carbonyl (C=O) groups excluding carboxylic acids is 2. The van der Waals surface area contributed by atoms with Crippen LogP contribution in [0.3, 0.4) is 0 Å². The molecule has 0 spiro atoms. The lowest BCUT2D eigenvalue weighted by molar-refractivity contribution is -0.274. The van der Waals surface area contributed by atoms with E-state index in [-0.39, 0.29) is 23.8 Å². The maximum Gasteiger partial charge on any atom is 0.573 e. The first-order valence-corrected chi connectivity index (χ1v) is 12.8. The SMILES string of the molecule is O=C(Nc1ccc(OC(F)(F)F)cc1)N[C@H]1CC[C@H](Oc2ccc(C(=O)NCCc3ccccc3)cc2)CC1. The highest BCUT2D eigenvalue weighted by Crippen LogP contribution is 2.26. The van der Waals surface area contributed by atoms with Crippen LogP contribution >= 0.6 is 0 Å². The molecule has 1 aliphatic rings. The highest BCUT2D eigenvalue weighted by molar-refractivity contribution is 5.94. The van der Waals surface area contributed by atoms with Gasteiger partial charge in [-0.1, -0.05) is 30.3 Å². The second-order valence-electron chi connectivity index (χ2n) is 9.28. The van der Waals surface area contributed by atoms with E-state index >= 15 is 0 Å². The molecule has 3 aromatic carbocycles. The molecule has 0 heterocycles. The fourth-order valence-corrected chi connectivity index (χ4v) is 4.36. The molecule has 0 radical (unpaired) electrons. The van der Waals surface area contributed by atoms with Crippen molar-refractivity contribution >= 4 is 17.6 Å². The van der Waals surface area contributed by atoms with Gasteiger partial charge in [-0.05, 0) is 86.2 Å². The molecule has 0 atom stereocenters. The maximum atomic E-state index is 12.4. The molecule has 3 N–H and O–H groups in total. The van der Waals surface area contributed by atoms with E-state index in [9.17, 15) is 22.8 Å². The summed E-state index contributed by atoms with van der Waals surface area (Å²) < 4.78 is 46.7. The number of benzene rings is 3. The molecule has 1 saturated carbocycles. The number of rotatable bonds is 9. The minimum Gasteiger partial charge on any atom is -0.490 e. The summed E-state index contributed by atoms with van der Waals surface area (Å²) in [5.41, 5.74) is 2.09. The van der Waals surface area contributed by atoms with Gasteiger partial charge in [0.05, 0.1) is 6.10 Å². The molecule has 4 rings (SSSR count). The molecule has 0 bridgehead atoms. The summed E-state index contributed by atoms with van der Waals surface area (Å²) in [5, 5.41) is 8.43. The molecule has 0 unspecified atom stereocenters. The van der Waals surface area contributed by atoms with Crippen LogP contribution in [-0.4, -0.2) is 37.0 Å². The molecule has 39 heavy (non-hydrogen) atoms. The third-order valence-corrected chi connectivity index (χ3v) is 6.32. The van der Waals surface area contributed by atoms with Crippen LogP contribution in [0.15, 0.2) is 78.9 Å². The van der Waals surface area contributed by atoms with Crippen molar-refractivity contribution < 1.29 is 32.2 Å². The van der Waals surface area contributed by atoms with Gasteiger partial charge in [0.1, 0.15) is 11.5 Å². The Balaban J connectivity index is 1.15. The van der Waals surface area contributed by atoms with E-state index in [1.807, 2.05) is 30.3 Å². The standard InChI is InChI=1S/C29H30F3N3O4/c30-29(31,32)39-26-16-10-23(11-17-26)35-28(37)34-22-8-14-25(15-9-22)38-24-12-6-21(7-13-24)27(36)33-19-18-20-4-2-1-3-5-20/h1-7,10-13,16-17,22,25H,8-9,14-15,18-19H2,(H,33,36)(H2,34,35,37)/t22-,25-. The Bertz CT molecular complexity index is 1210. The van der Waals surface area contributed by atoms with E-state index in [0.717, 1.165) is 44.2 Å². The summed E-state index contributed by atoms with van der Waals surface area (Å²) in [7, 11) is 0. The predicted molar refractivity (Wildman–Crippen MR) is 141 cm³/mol. The van der Waals surface area contributed by atoms with Gasteiger partial charge in [0.2, 0.25) is 0 Å². The summed E-state index contributed by atoms with van der Waals surface area (Å²) in [6.07, 6.45) is -1.07. The Morgan fingerprint density at radius 2 is 1.46 bits per heavy atom. The van der Waals surface area contributed by atoms with Gasteiger partial charge in [0.25, 0.3) is 5.91 Å². The van der Waals surface area contributed by atoms with Gasteiger partial charge in [-0.3, -0.25) is 4.79 Å². The largest absolute Gasteiger partial charge is 0.573 e. The van der Waals surface area contributed by atoms with Crippen molar-refractivity contribution in [3.05, 3.63) is 90.0 Å². The Hall–Kier alpha value is -4.21. The van der Waals surface area contributed by atoms with Crippen molar-refractivity contribution in [1.29, 1.82) is 0 Å². The van der Waals surface area contributed by atoms with Crippen LogP contribution in [0.25, 0.3) is 0 Å². The first-order chi connectivity index (χ1) is 18.7. The van der Waals surface area contributed by atoms with Gasteiger partial charge < -0.3 is 25.4 Å². The average molecular weight is 542 g/mol. The number of ether oxygens (including phenoxy) is 2. The Morgan fingerprint density at radius 1 is 0.821 bits per heavy atom. The zero-order valence-corrected chi connectivity index (χ0v) is 21.2. The topological polar surface area (TPSA) is 88.7 Å².